The standard InChI is InChI=1S/C29H45NO5Si/c1-28(2,3)36(6,7)34-20-24(31)27(32-19-23-16-12-9-13-17-23)26(25-21-33-29(4,5)35-25)30-18-22-14-10-8-11-15-22/h8-17,24-27,30-31H,18-21H2,1-7H3/t24-,25+,26-,27-/m1/s1. The molecule has 0 aromatic heterocycles. The van der Waals surface area contributed by atoms with Crippen LogP contribution in [0, 0.1) is 0 Å². The van der Waals surface area contributed by atoms with Gasteiger partial charge in [-0.25, -0.2) is 0 Å². The molecule has 6 nitrogen and oxygen atoms in total. The van der Waals surface area contributed by atoms with Gasteiger partial charge >= 0.3 is 0 Å². The second-order valence-corrected chi connectivity index (χ2v) is 16.5. The topological polar surface area (TPSA) is 69.2 Å². The highest BCUT2D eigenvalue weighted by molar-refractivity contribution is 6.74. The van der Waals surface area contributed by atoms with Gasteiger partial charge in [0.15, 0.2) is 14.1 Å². The Morgan fingerprint density at radius 1 is 1.03 bits per heavy atom. The highest BCUT2D eigenvalue weighted by Gasteiger charge is 2.44. The van der Waals surface area contributed by atoms with Crippen molar-refractivity contribution in [2.75, 3.05) is 13.2 Å². The zero-order valence-electron chi connectivity index (χ0n) is 23.0. The van der Waals surface area contributed by atoms with Gasteiger partial charge in [0.1, 0.15) is 18.3 Å². The molecule has 1 aliphatic rings. The lowest BCUT2D eigenvalue weighted by atomic mass is 9.99. The molecule has 1 aliphatic heterocycles. The Labute approximate surface area is 218 Å². The predicted molar refractivity (Wildman–Crippen MR) is 146 cm³/mol. The zero-order valence-corrected chi connectivity index (χ0v) is 24.0. The van der Waals surface area contributed by atoms with E-state index in [9.17, 15) is 5.11 Å². The maximum atomic E-state index is 11.5. The molecule has 2 N–H and O–H groups in total. The van der Waals surface area contributed by atoms with Gasteiger partial charge < -0.3 is 29.1 Å². The van der Waals surface area contributed by atoms with Crippen molar-refractivity contribution < 1.29 is 23.7 Å². The molecule has 2 aromatic rings. The van der Waals surface area contributed by atoms with Crippen LogP contribution in [-0.4, -0.2) is 56.8 Å². The van der Waals surface area contributed by atoms with E-state index in [-0.39, 0.29) is 23.8 Å². The summed E-state index contributed by atoms with van der Waals surface area (Å²) >= 11 is 0. The number of rotatable bonds is 12. The fourth-order valence-corrected chi connectivity index (χ4v) is 5.03. The fraction of sp³-hybridized carbons (Fsp3) is 0.586. The van der Waals surface area contributed by atoms with Crippen LogP contribution in [0.1, 0.15) is 45.7 Å². The number of ether oxygens (including phenoxy) is 3. The maximum absolute atomic E-state index is 11.5. The summed E-state index contributed by atoms with van der Waals surface area (Å²) in [4.78, 5) is 0. The van der Waals surface area contributed by atoms with Gasteiger partial charge in [-0.15, -0.1) is 0 Å². The van der Waals surface area contributed by atoms with Gasteiger partial charge in [0, 0.05) is 6.54 Å². The number of nitrogens with one attached hydrogen (secondary N) is 1. The van der Waals surface area contributed by atoms with E-state index < -0.39 is 26.3 Å². The Hall–Kier alpha value is -1.58. The van der Waals surface area contributed by atoms with Crippen LogP contribution in [0.3, 0.4) is 0 Å². The lowest BCUT2D eigenvalue weighted by Crippen LogP contribution is -2.56. The van der Waals surface area contributed by atoms with Crippen LogP contribution in [0.5, 0.6) is 0 Å². The van der Waals surface area contributed by atoms with E-state index in [2.05, 4.69) is 51.3 Å². The van der Waals surface area contributed by atoms with Crippen molar-refractivity contribution >= 4 is 8.32 Å². The summed E-state index contributed by atoms with van der Waals surface area (Å²) in [6.07, 6.45) is -1.70. The zero-order chi connectivity index (χ0) is 26.4. The fourth-order valence-electron chi connectivity index (χ4n) is 4.01. The summed E-state index contributed by atoms with van der Waals surface area (Å²) < 4.78 is 25.1. The van der Waals surface area contributed by atoms with E-state index in [1.54, 1.807) is 0 Å². The average molecular weight is 516 g/mol. The molecule has 0 aliphatic carbocycles. The second-order valence-electron chi connectivity index (χ2n) is 11.7. The Balaban J connectivity index is 1.83. The Morgan fingerprint density at radius 3 is 2.14 bits per heavy atom. The van der Waals surface area contributed by atoms with Crippen molar-refractivity contribution in [3.63, 3.8) is 0 Å². The first-order chi connectivity index (χ1) is 16.9. The monoisotopic (exact) mass is 515 g/mol. The summed E-state index contributed by atoms with van der Waals surface area (Å²) in [5.74, 6) is -0.691. The third-order valence-electron chi connectivity index (χ3n) is 7.26. The Kier molecular flexibility index (Phi) is 9.91. The smallest absolute Gasteiger partial charge is 0.192 e. The summed E-state index contributed by atoms with van der Waals surface area (Å²) in [5, 5.41) is 15.2. The van der Waals surface area contributed by atoms with E-state index in [0.29, 0.717) is 19.8 Å². The molecule has 0 amide bonds. The Morgan fingerprint density at radius 2 is 1.61 bits per heavy atom. The number of aliphatic hydroxyl groups is 1. The minimum atomic E-state index is -2.05. The highest BCUT2D eigenvalue weighted by Crippen LogP contribution is 2.37. The molecular weight excluding hydrogens is 470 g/mol. The molecule has 0 unspecified atom stereocenters. The third-order valence-corrected chi connectivity index (χ3v) is 11.8. The minimum absolute atomic E-state index is 0.0461. The lowest BCUT2D eigenvalue weighted by molar-refractivity contribution is -0.155. The van der Waals surface area contributed by atoms with E-state index in [0.717, 1.165) is 11.1 Å². The van der Waals surface area contributed by atoms with Crippen molar-refractivity contribution in [2.24, 2.45) is 0 Å². The average Bonchev–Trinajstić information content (AvgIpc) is 3.19. The molecule has 1 fully saturated rings. The van der Waals surface area contributed by atoms with Gasteiger partial charge in [0.2, 0.25) is 0 Å². The minimum Gasteiger partial charge on any atom is -0.414 e. The van der Waals surface area contributed by atoms with Crippen LogP contribution in [0.25, 0.3) is 0 Å². The summed E-state index contributed by atoms with van der Waals surface area (Å²) in [6, 6.07) is 19.9. The van der Waals surface area contributed by atoms with Crippen molar-refractivity contribution in [3.05, 3.63) is 71.8 Å². The summed E-state index contributed by atoms with van der Waals surface area (Å²) in [7, 11) is -2.05. The molecule has 0 spiro atoms. The first-order valence-electron chi connectivity index (χ1n) is 12.9. The van der Waals surface area contributed by atoms with Gasteiger partial charge in [0.25, 0.3) is 0 Å². The molecule has 0 bridgehead atoms. The molecule has 1 saturated heterocycles. The first-order valence-corrected chi connectivity index (χ1v) is 15.9. The molecular formula is C29H45NO5Si. The SMILES string of the molecule is CC1(C)OC[C@@H]([C@@H](NCc2ccccc2)[C@H](OCc2ccccc2)[C@H](O)CO[Si](C)(C)C(C)(C)C)O1. The molecule has 200 valence electrons. The van der Waals surface area contributed by atoms with Gasteiger partial charge in [-0.05, 0) is 43.1 Å². The van der Waals surface area contributed by atoms with Gasteiger partial charge in [-0.1, -0.05) is 81.4 Å². The highest BCUT2D eigenvalue weighted by atomic mass is 28.4. The van der Waals surface area contributed by atoms with Crippen molar-refractivity contribution in [2.45, 2.75) is 96.0 Å². The normalized spacial score (nSPS) is 20.7. The lowest BCUT2D eigenvalue weighted by Gasteiger charge is -2.39. The van der Waals surface area contributed by atoms with Crippen LogP contribution in [0.15, 0.2) is 60.7 Å². The van der Waals surface area contributed by atoms with Crippen LogP contribution < -0.4 is 5.32 Å². The molecule has 0 radical (unpaired) electrons. The van der Waals surface area contributed by atoms with E-state index in [1.165, 1.54) is 0 Å². The van der Waals surface area contributed by atoms with Crippen LogP contribution in [0.2, 0.25) is 18.1 Å². The van der Waals surface area contributed by atoms with Gasteiger partial charge in [-0.2, -0.15) is 0 Å². The van der Waals surface area contributed by atoms with Crippen LogP contribution in [0.4, 0.5) is 0 Å². The molecule has 36 heavy (non-hydrogen) atoms. The van der Waals surface area contributed by atoms with Crippen molar-refractivity contribution in [1.82, 2.24) is 5.32 Å². The van der Waals surface area contributed by atoms with Crippen LogP contribution in [-0.2, 0) is 31.8 Å². The quantitative estimate of drug-likeness (QED) is 0.376. The largest absolute Gasteiger partial charge is 0.414 e. The maximum Gasteiger partial charge on any atom is 0.192 e. The predicted octanol–water partition coefficient (Wildman–Crippen LogP) is 5.26. The second kappa shape index (κ2) is 12.3. The van der Waals surface area contributed by atoms with E-state index in [1.807, 2.05) is 62.4 Å². The Bertz CT molecular complexity index is 916. The van der Waals surface area contributed by atoms with Gasteiger partial charge in [-0.3, -0.25) is 0 Å². The van der Waals surface area contributed by atoms with Crippen molar-refractivity contribution in [3.8, 4) is 0 Å². The summed E-state index contributed by atoms with van der Waals surface area (Å²) in [5.41, 5.74) is 2.19. The number of benzene rings is 2. The molecule has 1 heterocycles. The molecule has 3 rings (SSSR count). The molecule has 2 aromatic carbocycles. The van der Waals surface area contributed by atoms with E-state index >= 15 is 0 Å². The molecule has 7 heteroatoms. The van der Waals surface area contributed by atoms with Gasteiger partial charge in [0.05, 0.1) is 25.9 Å². The van der Waals surface area contributed by atoms with Crippen molar-refractivity contribution in [1.29, 1.82) is 0 Å². The number of hydrogen-bond donors (Lipinski definition) is 2. The number of hydrogen-bond acceptors (Lipinski definition) is 6. The third kappa shape index (κ3) is 8.21. The molecule has 4 atom stereocenters. The molecule has 0 saturated carbocycles. The number of aliphatic hydroxyl groups excluding tert-OH is 1. The van der Waals surface area contributed by atoms with E-state index in [4.69, 9.17) is 18.6 Å². The summed E-state index contributed by atoms with van der Waals surface area (Å²) in [6.45, 7) is 16.4. The first kappa shape index (κ1) is 29.0. The van der Waals surface area contributed by atoms with Crippen LogP contribution >= 0.6 is 0 Å².